The van der Waals surface area contributed by atoms with Crippen LogP contribution in [0, 0.1) is 0 Å². The normalized spacial score (nSPS) is 14.3. The highest BCUT2D eigenvalue weighted by atomic mass is 35.5. The third-order valence-electron chi connectivity index (χ3n) is 4.84. The summed E-state index contributed by atoms with van der Waals surface area (Å²) in [6, 6.07) is 14.9. The van der Waals surface area contributed by atoms with Crippen molar-refractivity contribution >= 4 is 23.5 Å². The van der Waals surface area contributed by atoms with Crippen LogP contribution < -0.4 is 9.64 Å². The molecule has 0 atom stereocenters. The van der Waals surface area contributed by atoms with Crippen LogP contribution >= 0.6 is 11.6 Å². The Morgan fingerprint density at radius 3 is 2.50 bits per heavy atom. The summed E-state index contributed by atoms with van der Waals surface area (Å²) >= 11 is 6.14. The molecule has 3 aromatic rings. The molecule has 1 aliphatic rings. The van der Waals surface area contributed by atoms with Gasteiger partial charge in [0.05, 0.1) is 17.4 Å². The Balaban J connectivity index is 1.48. The van der Waals surface area contributed by atoms with Gasteiger partial charge >= 0.3 is 0 Å². The number of ether oxygens (including phenoxy) is 1. The summed E-state index contributed by atoms with van der Waals surface area (Å²) in [5.41, 5.74) is 1.38. The van der Waals surface area contributed by atoms with E-state index >= 15 is 0 Å². The maximum atomic E-state index is 13.2. The van der Waals surface area contributed by atoms with Gasteiger partial charge in [-0.2, -0.15) is 4.68 Å². The minimum atomic E-state index is -0.0875. The molecule has 2 heterocycles. The summed E-state index contributed by atoms with van der Waals surface area (Å²) in [6.45, 7) is 6.21. The van der Waals surface area contributed by atoms with E-state index in [1.54, 1.807) is 22.9 Å². The maximum absolute atomic E-state index is 13.2. The first-order chi connectivity index (χ1) is 14.5. The zero-order valence-electron chi connectivity index (χ0n) is 16.9. The minimum Gasteiger partial charge on any atom is -0.490 e. The lowest BCUT2D eigenvalue weighted by atomic mass is 10.1. The van der Waals surface area contributed by atoms with Gasteiger partial charge in [0, 0.05) is 31.2 Å². The number of nitrogens with zero attached hydrogens (tertiary/aromatic N) is 6. The minimum absolute atomic E-state index is 0.0357. The summed E-state index contributed by atoms with van der Waals surface area (Å²) in [5.74, 6) is 1.13. The Morgan fingerprint density at radius 2 is 1.80 bits per heavy atom. The fraction of sp³-hybridized carbons (Fsp3) is 0.333. The summed E-state index contributed by atoms with van der Waals surface area (Å²) in [5, 5.41) is 12.6. The van der Waals surface area contributed by atoms with Crippen molar-refractivity contribution in [2.75, 3.05) is 31.1 Å². The number of halogens is 1. The molecule has 0 radical (unpaired) electrons. The van der Waals surface area contributed by atoms with E-state index in [1.165, 1.54) is 0 Å². The second-order valence-electron chi connectivity index (χ2n) is 7.31. The third kappa shape index (κ3) is 4.23. The van der Waals surface area contributed by atoms with Crippen LogP contribution in [0.5, 0.6) is 5.75 Å². The number of carbonyl (C=O) groups excluding carboxylic acids is 1. The molecule has 0 bridgehead atoms. The third-order valence-corrected chi connectivity index (χ3v) is 5.07. The fourth-order valence-corrected chi connectivity index (χ4v) is 3.59. The molecular formula is C21H23ClN6O2. The van der Waals surface area contributed by atoms with Gasteiger partial charge in [0.2, 0.25) is 5.95 Å². The number of hydrogen-bond acceptors (Lipinski definition) is 6. The summed E-state index contributed by atoms with van der Waals surface area (Å²) in [7, 11) is 0. The molecule has 2 aromatic carbocycles. The van der Waals surface area contributed by atoms with Gasteiger partial charge in [-0.3, -0.25) is 4.79 Å². The molecule has 1 amide bonds. The van der Waals surface area contributed by atoms with Crippen LogP contribution in [-0.2, 0) is 0 Å². The molecule has 0 saturated carbocycles. The highest BCUT2D eigenvalue weighted by molar-refractivity contribution is 6.31. The van der Waals surface area contributed by atoms with E-state index in [9.17, 15) is 4.79 Å². The van der Waals surface area contributed by atoms with Gasteiger partial charge in [-0.25, -0.2) is 0 Å². The molecule has 1 aliphatic heterocycles. The van der Waals surface area contributed by atoms with Crippen molar-refractivity contribution in [1.82, 2.24) is 25.1 Å². The molecule has 156 valence electrons. The van der Waals surface area contributed by atoms with E-state index in [0.717, 1.165) is 5.69 Å². The number of aromatic nitrogens is 4. The molecule has 1 saturated heterocycles. The van der Waals surface area contributed by atoms with Gasteiger partial charge in [0.1, 0.15) is 5.75 Å². The molecule has 9 heteroatoms. The lowest BCUT2D eigenvalue weighted by molar-refractivity contribution is 0.0740. The average molecular weight is 427 g/mol. The first-order valence-electron chi connectivity index (χ1n) is 9.87. The van der Waals surface area contributed by atoms with Crippen molar-refractivity contribution in [1.29, 1.82) is 0 Å². The molecule has 1 aromatic heterocycles. The van der Waals surface area contributed by atoms with Gasteiger partial charge < -0.3 is 14.5 Å². The maximum Gasteiger partial charge on any atom is 0.257 e. The zero-order chi connectivity index (χ0) is 21.1. The lowest BCUT2D eigenvalue weighted by Crippen LogP contribution is -2.49. The first-order valence-corrected chi connectivity index (χ1v) is 10.2. The summed E-state index contributed by atoms with van der Waals surface area (Å²) < 4.78 is 7.52. The number of tetrazole rings is 1. The highest BCUT2D eigenvalue weighted by Gasteiger charge is 2.27. The van der Waals surface area contributed by atoms with Crippen LogP contribution in [-0.4, -0.2) is 63.3 Å². The molecule has 0 spiro atoms. The lowest BCUT2D eigenvalue weighted by Gasteiger charge is -2.35. The molecule has 0 unspecified atom stereocenters. The van der Waals surface area contributed by atoms with Crippen LogP contribution in [0.2, 0.25) is 5.02 Å². The van der Waals surface area contributed by atoms with E-state index in [1.807, 2.05) is 49.1 Å². The Kier molecular flexibility index (Phi) is 5.85. The fourth-order valence-electron chi connectivity index (χ4n) is 3.42. The number of piperazine rings is 1. The van der Waals surface area contributed by atoms with Crippen molar-refractivity contribution in [3.8, 4) is 11.4 Å². The predicted molar refractivity (Wildman–Crippen MR) is 114 cm³/mol. The van der Waals surface area contributed by atoms with Crippen molar-refractivity contribution in [2.45, 2.75) is 20.0 Å². The van der Waals surface area contributed by atoms with Crippen molar-refractivity contribution in [2.24, 2.45) is 0 Å². The number of para-hydroxylation sites is 1. The van der Waals surface area contributed by atoms with Crippen molar-refractivity contribution in [3.05, 3.63) is 59.1 Å². The monoisotopic (exact) mass is 426 g/mol. The summed E-state index contributed by atoms with van der Waals surface area (Å²) in [4.78, 5) is 17.1. The van der Waals surface area contributed by atoms with Crippen LogP contribution in [0.4, 0.5) is 5.95 Å². The van der Waals surface area contributed by atoms with Gasteiger partial charge in [-0.1, -0.05) is 34.9 Å². The van der Waals surface area contributed by atoms with Gasteiger partial charge in [0.25, 0.3) is 5.91 Å². The van der Waals surface area contributed by atoms with E-state index in [4.69, 9.17) is 16.3 Å². The second-order valence-corrected chi connectivity index (χ2v) is 7.75. The number of hydrogen-bond donors (Lipinski definition) is 0. The Morgan fingerprint density at radius 1 is 1.07 bits per heavy atom. The zero-order valence-corrected chi connectivity index (χ0v) is 17.7. The van der Waals surface area contributed by atoms with Gasteiger partial charge in [0.15, 0.2) is 0 Å². The number of rotatable bonds is 5. The molecule has 30 heavy (non-hydrogen) atoms. The Labute approximate surface area is 180 Å². The number of benzene rings is 2. The Bertz CT molecular complexity index is 1020. The molecule has 8 nitrogen and oxygen atoms in total. The molecular weight excluding hydrogens is 404 g/mol. The van der Waals surface area contributed by atoms with Crippen molar-refractivity contribution in [3.63, 3.8) is 0 Å². The number of carbonyl (C=O) groups is 1. The smallest absolute Gasteiger partial charge is 0.257 e. The summed E-state index contributed by atoms with van der Waals surface area (Å²) in [6.07, 6.45) is -0.0357. The van der Waals surface area contributed by atoms with E-state index in [2.05, 4.69) is 20.4 Å². The molecule has 0 N–H and O–H groups in total. The largest absolute Gasteiger partial charge is 0.490 e. The second kappa shape index (κ2) is 8.71. The van der Waals surface area contributed by atoms with Crippen LogP contribution in [0.25, 0.3) is 5.69 Å². The molecule has 1 fully saturated rings. The molecule has 0 aliphatic carbocycles. The van der Waals surface area contributed by atoms with Crippen LogP contribution in [0.1, 0.15) is 24.2 Å². The topological polar surface area (TPSA) is 76.4 Å². The van der Waals surface area contributed by atoms with Gasteiger partial charge in [-0.15, -0.1) is 0 Å². The highest BCUT2D eigenvalue weighted by Crippen LogP contribution is 2.26. The first kappa shape index (κ1) is 20.2. The van der Waals surface area contributed by atoms with Crippen LogP contribution in [0.15, 0.2) is 48.5 Å². The number of anilines is 1. The van der Waals surface area contributed by atoms with E-state index < -0.39 is 0 Å². The Hall–Kier alpha value is -3.13. The van der Waals surface area contributed by atoms with Crippen LogP contribution in [0.3, 0.4) is 0 Å². The predicted octanol–water partition coefficient (Wildman–Crippen LogP) is 3.07. The quantitative estimate of drug-likeness (QED) is 0.624. The molecule has 4 rings (SSSR count). The van der Waals surface area contributed by atoms with Crippen molar-refractivity contribution < 1.29 is 9.53 Å². The SMILES string of the molecule is CC(C)Oc1ccc(Cl)cc1C(=O)N1CCN(c2nnnn2-c2ccccc2)CC1. The standard InChI is InChI=1S/C21H23ClN6O2/c1-15(2)30-19-9-8-16(22)14-18(19)20(29)26-10-12-27(13-11-26)21-23-24-25-28(21)17-6-4-3-5-7-17/h3-9,14-15H,10-13H2,1-2H3. The number of amides is 1. The van der Waals surface area contributed by atoms with E-state index in [-0.39, 0.29) is 12.0 Å². The average Bonchev–Trinajstić information content (AvgIpc) is 3.25. The van der Waals surface area contributed by atoms with Gasteiger partial charge in [-0.05, 0) is 54.6 Å². The van der Waals surface area contributed by atoms with E-state index in [0.29, 0.717) is 48.5 Å².